The van der Waals surface area contributed by atoms with Gasteiger partial charge in [-0.25, -0.2) is 4.98 Å². The lowest BCUT2D eigenvalue weighted by Gasteiger charge is -2.31. The molecule has 20 heavy (non-hydrogen) atoms. The first-order valence-electron chi connectivity index (χ1n) is 7.04. The van der Waals surface area contributed by atoms with E-state index in [4.69, 9.17) is 5.11 Å². The molecule has 4 nitrogen and oxygen atoms in total. The van der Waals surface area contributed by atoms with Crippen molar-refractivity contribution in [2.24, 2.45) is 5.41 Å². The van der Waals surface area contributed by atoms with Crippen LogP contribution in [0.25, 0.3) is 6.08 Å². The third-order valence-electron chi connectivity index (χ3n) is 3.82. The van der Waals surface area contributed by atoms with Crippen LogP contribution in [0.4, 0.5) is 0 Å². The molecule has 0 saturated heterocycles. The van der Waals surface area contributed by atoms with Crippen LogP contribution in [0.1, 0.15) is 43.0 Å². The minimum Gasteiger partial charge on any atom is -0.396 e. The molecular weight excluding hydrogens is 272 g/mol. The number of aromatic nitrogens is 1. The van der Waals surface area contributed by atoms with Gasteiger partial charge in [0.25, 0.3) is 0 Å². The second kappa shape index (κ2) is 8.17. The van der Waals surface area contributed by atoms with Crippen LogP contribution in [0.15, 0.2) is 12.3 Å². The molecule has 0 spiro atoms. The zero-order valence-corrected chi connectivity index (χ0v) is 13.3. The zero-order chi connectivity index (χ0) is 15.0. The molecule has 1 amide bonds. The Morgan fingerprint density at radius 3 is 2.70 bits per heavy atom. The van der Waals surface area contributed by atoms with E-state index in [1.807, 2.05) is 6.92 Å². The van der Waals surface area contributed by atoms with Crippen LogP contribution in [0.3, 0.4) is 0 Å². The number of carbonyl (C=O) groups excluding carboxylic acids is 1. The highest BCUT2D eigenvalue weighted by atomic mass is 32.1. The van der Waals surface area contributed by atoms with Crippen molar-refractivity contribution in [3.63, 3.8) is 0 Å². The molecule has 1 heterocycles. The van der Waals surface area contributed by atoms with Gasteiger partial charge < -0.3 is 10.4 Å². The van der Waals surface area contributed by atoms with Crippen molar-refractivity contribution in [3.8, 4) is 0 Å². The number of aryl methyl sites for hydroxylation is 1. The summed E-state index contributed by atoms with van der Waals surface area (Å²) >= 11 is 1.56. The molecule has 0 aliphatic rings. The Bertz CT molecular complexity index is 450. The first kappa shape index (κ1) is 16.9. The van der Waals surface area contributed by atoms with E-state index in [0.717, 1.165) is 29.1 Å². The van der Waals surface area contributed by atoms with Crippen molar-refractivity contribution in [2.75, 3.05) is 13.2 Å². The SMILES string of the molecule is CCC(CC)(CCO)CNC(=O)/C=C/c1cnc(C)s1. The molecule has 0 radical (unpaired) electrons. The lowest BCUT2D eigenvalue weighted by molar-refractivity contribution is -0.117. The number of nitrogens with one attached hydrogen (secondary N) is 1. The third-order valence-corrected chi connectivity index (χ3v) is 4.70. The Labute approximate surface area is 124 Å². The van der Waals surface area contributed by atoms with Crippen LogP contribution in [-0.4, -0.2) is 29.1 Å². The van der Waals surface area contributed by atoms with E-state index >= 15 is 0 Å². The summed E-state index contributed by atoms with van der Waals surface area (Å²) in [6.07, 6.45) is 7.70. The number of hydrogen-bond donors (Lipinski definition) is 2. The van der Waals surface area contributed by atoms with Crippen LogP contribution in [0, 0.1) is 12.3 Å². The summed E-state index contributed by atoms with van der Waals surface area (Å²) in [4.78, 5) is 16.9. The highest BCUT2D eigenvalue weighted by Gasteiger charge is 2.25. The molecular formula is C15H24N2O2S. The first-order chi connectivity index (χ1) is 9.55. The van der Waals surface area contributed by atoms with Gasteiger partial charge in [-0.3, -0.25) is 4.79 Å². The molecule has 5 heteroatoms. The Balaban J connectivity index is 2.51. The number of thiazole rings is 1. The van der Waals surface area contributed by atoms with Crippen LogP contribution >= 0.6 is 11.3 Å². The monoisotopic (exact) mass is 296 g/mol. The second-order valence-corrected chi connectivity index (χ2v) is 6.28. The number of hydrogen-bond acceptors (Lipinski definition) is 4. The van der Waals surface area contributed by atoms with Crippen molar-refractivity contribution in [3.05, 3.63) is 22.2 Å². The van der Waals surface area contributed by atoms with E-state index in [1.165, 1.54) is 0 Å². The largest absolute Gasteiger partial charge is 0.396 e. The van der Waals surface area contributed by atoms with E-state index in [9.17, 15) is 4.79 Å². The summed E-state index contributed by atoms with van der Waals surface area (Å²) in [5.41, 5.74) is -0.000669. The Morgan fingerprint density at radius 1 is 1.50 bits per heavy atom. The van der Waals surface area contributed by atoms with E-state index in [1.54, 1.807) is 29.7 Å². The normalized spacial score (nSPS) is 12.0. The predicted octanol–water partition coefficient (Wildman–Crippen LogP) is 2.77. The lowest BCUT2D eigenvalue weighted by Crippen LogP contribution is -2.36. The topological polar surface area (TPSA) is 62.2 Å². The lowest BCUT2D eigenvalue weighted by atomic mass is 9.79. The first-order valence-corrected chi connectivity index (χ1v) is 7.86. The summed E-state index contributed by atoms with van der Waals surface area (Å²) in [5, 5.41) is 13.1. The van der Waals surface area contributed by atoms with Crippen molar-refractivity contribution >= 4 is 23.3 Å². The maximum absolute atomic E-state index is 11.8. The molecule has 2 N–H and O–H groups in total. The summed E-state index contributed by atoms with van der Waals surface area (Å²) in [5.74, 6) is -0.0970. The van der Waals surface area contributed by atoms with E-state index in [0.29, 0.717) is 6.54 Å². The minimum atomic E-state index is -0.0970. The van der Waals surface area contributed by atoms with Gasteiger partial charge in [0.1, 0.15) is 0 Å². The maximum Gasteiger partial charge on any atom is 0.244 e. The number of aliphatic hydroxyl groups is 1. The average molecular weight is 296 g/mol. The van der Waals surface area contributed by atoms with Crippen molar-refractivity contribution in [1.29, 1.82) is 0 Å². The Hall–Kier alpha value is -1.20. The molecule has 0 fully saturated rings. The summed E-state index contributed by atoms with van der Waals surface area (Å²) in [6.45, 7) is 6.90. The minimum absolute atomic E-state index is 0.000669. The average Bonchev–Trinajstić information content (AvgIpc) is 2.87. The predicted molar refractivity (Wildman–Crippen MR) is 83.6 cm³/mol. The standard InChI is InChI=1S/C15H24N2O2S/c1-4-15(5-2,8-9-18)11-17-14(19)7-6-13-10-16-12(3)20-13/h6-7,10,18H,4-5,8-9,11H2,1-3H3,(H,17,19)/b7-6+. The van der Waals surface area contributed by atoms with Gasteiger partial charge in [-0.05, 0) is 37.7 Å². The molecule has 1 aromatic rings. The molecule has 0 bridgehead atoms. The number of nitrogens with zero attached hydrogens (tertiary/aromatic N) is 1. The molecule has 112 valence electrons. The van der Waals surface area contributed by atoms with E-state index in [2.05, 4.69) is 24.1 Å². The molecule has 1 rings (SSSR count). The quantitative estimate of drug-likeness (QED) is 0.725. The molecule has 0 aromatic carbocycles. The van der Waals surface area contributed by atoms with E-state index < -0.39 is 0 Å². The van der Waals surface area contributed by atoms with Gasteiger partial charge in [-0.2, -0.15) is 0 Å². The van der Waals surface area contributed by atoms with Gasteiger partial charge in [0.2, 0.25) is 5.91 Å². The fourth-order valence-electron chi connectivity index (χ4n) is 2.13. The maximum atomic E-state index is 11.8. The zero-order valence-electron chi connectivity index (χ0n) is 12.5. The molecule has 0 aliphatic heterocycles. The smallest absolute Gasteiger partial charge is 0.244 e. The van der Waals surface area contributed by atoms with Crippen molar-refractivity contribution in [2.45, 2.75) is 40.0 Å². The molecule has 1 aromatic heterocycles. The number of amides is 1. The molecule has 0 saturated carbocycles. The molecule has 0 aliphatic carbocycles. The van der Waals surface area contributed by atoms with Gasteiger partial charge in [0, 0.05) is 30.3 Å². The van der Waals surface area contributed by atoms with Crippen LogP contribution in [-0.2, 0) is 4.79 Å². The highest BCUT2D eigenvalue weighted by molar-refractivity contribution is 7.12. The number of carbonyl (C=O) groups is 1. The summed E-state index contributed by atoms with van der Waals surface area (Å²) in [7, 11) is 0. The fraction of sp³-hybridized carbons (Fsp3) is 0.600. The van der Waals surface area contributed by atoms with Crippen molar-refractivity contribution < 1.29 is 9.90 Å². The van der Waals surface area contributed by atoms with Gasteiger partial charge >= 0.3 is 0 Å². The van der Waals surface area contributed by atoms with Crippen LogP contribution in [0.5, 0.6) is 0 Å². The van der Waals surface area contributed by atoms with Gasteiger partial charge in [-0.15, -0.1) is 11.3 Å². The number of rotatable bonds is 8. The fourth-order valence-corrected chi connectivity index (χ4v) is 2.81. The summed E-state index contributed by atoms with van der Waals surface area (Å²) < 4.78 is 0. The Kier molecular flexibility index (Phi) is 6.88. The van der Waals surface area contributed by atoms with Gasteiger partial charge in [-0.1, -0.05) is 13.8 Å². The van der Waals surface area contributed by atoms with E-state index in [-0.39, 0.29) is 17.9 Å². The van der Waals surface area contributed by atoms with Gasteiger partial charge in [0.05, 0.1) is 5.01 Å². The second-order valence-electron chi connectivity index (χ2n) is 5.01. The van der Waals surface area contributed by atoms with Crippen LogP contribution in [0.2, 0.25) is 0 Å². The molecule has 0 unspecified atom stereocenters. The molecule has 0 atom stereocenters. The number of aliphatic hydroxyl groups excluding tert-OH is 1. The Morgan fingerprint density at radius 2 is 2.20 bits per heavy atom. The summed E-state index contributed by atoms with van der Waals surface area (Å²) in [6, 6.07) is 0. The highest BCUT2D eigenvalue weighted by Crippen LogP contribution is 2.29. The third kappa shape index (κ3) is 5.06. The van der Waals surface area contributed by atoms with Crippen molar-refractivity contribution in [1.82, 2.24) is 10.3 Å². The van der Waals surface area contributed by atoms with Crippen LogP contribution < -0.4 is 5.32 Å². The van der Waals surface area contributed by atoms with Gasteiger partial charge in [0.15, 0.2) is 0 Å².